The Morgan fingerprint density at radius 2 is 2.05 bits per heavy atom. The minimum absolute atomic E-state index is 0.633. The first kappa shape index (κ1) is 12.7. The second kappa shape index (κ2) is 5.76. The van der Waals surface area contributed by atoms with Gasteiger partial charge in [-0.1, -0.05) is 47.8 Å². The Morgan fingerprint density at radius 1 is 1.26 bits per heavy atom. The molecule has 1 fully saturated rings. The van der Waals surface area contributed by atoms with Crippen molar-refractivity contribution in [2.45, 2.75) is 38.3 Å². The van der Waals surface area contributed by atoms with Crippen molar-refractivity contribution >= 4 is 11.6 Å². The van der Waals surface area contributed by atoms with Crippen LogP contribution in [0.25, 0.3) is 11.3 Å². The maximum Gasteiger partial charge on any atom is 0.151 e. The Morgan fingerprint density at radius 3 is 2.84 bits per heavy atom. The lowest BCUT2D eigenvalue weighted by Crippen LogP contribution is -2.24. The lowest BCUT2D eigenvalue weighted by molar-refractivity contribution is 0.364. The molecular formula is C15H17ClN2O. The molecule has 0 unspecified atom stereocenters. The Bertz CT molecular complexity index is 547. The number of nitrogens with one attached hydrogen (secondary N) is 1. The highest BCUT2D eigenvalue weighted by atomic mass is 35.5. The van der Waals surface area contributed by atoms with Gasteiger partial charge in [0, 0.05) is 17.7 Å². The van der Waals surface area contributed by atoms with Gasteiger partial charge in [0.25, 0.3) is 0 Å². The maximum absolute atomic E-state index is 6.15. The standard InChI is InChI=1S/C15H17ClN2O/c16-14-8-4-3-7-13(14)15-9-12(19-18-15)10-17-11-5-1-2-6-11/h3-4,7-9,11,17H,1-2,5-6,10H2. The fourth-order valence-electron chi connectivity index (χ4n) is 2.57. The van der Waals surface area contributed by atoms with Crippen LogP contribution in [0.5, 0.6) is 0 Å². The summed E-state index contributed by atoms with van der Waals surface area (Å²) in [6.07, 6.45) is 5.20. The number of halogens is 1. The molecule has 0 aliphatic heterocycles. The van der Waals surface area contributed by atoms with E-state index in [2.05, 4.69) is 10.5 Å². The van der Waals surface area contributed by atoms with Crippen LogP contribution < -0.4 is 5.32 Å². The van der Waals surface area contributed by atoms with E-state index in [4.69, 9.17) is 16.1 Å². The van der Waals surface area contributed by atoms with Gasteiger partial charge in [-0.05, 0) is 18.9 Å². The highest BCUT2D eigenvalue weighted by Gasteiger charge is 2.15. The number of benzene rings is 1. The molecule has 1 aromatic heterocycles. The zero-order chi connectivity index (χ0) is 13.1. The van der Waals surface area contributed by atoms with E-state index in [0.29, 0.717) is 11.1 Å². The fourth-order valence-corrected chi connectivity index (χ4v) is 2.80. The summed E-state index contributed by atoms with van der Waals surface area (Å²) in [6, 6.07) is 10.3. The van der Waals surface area contributed by atoms with Crippen LogP contribution in [-0.2, 0) is 6.54 Å². The third-order valence-corrected chi connectivity index (χ3v) is 3.96. The van der Waals surface area contributed by atoms with Crippen molar-refractivity contribution in [2.75, 3.05) is 0 Å². The van der Waals surface area contributed by atoms with Crippen molar-refractivity contribution in [1.29, 1.82) is 0 Å². The van der Waals surface area contributed by atoms with Gasteiger partial charge in [-0.2, -0.15) is 0 Å². The molecule has 1 heterocycles. The van der Waals surface area contributed by atoms with Crippen LogP contribution in [0.15, 0.2) is 34.9 Å². The largest absolute Gasteiger partial charge is 0.359 e. The van der Waals surface area contributed by atoms with E-state index < -0.39 is 0 Å². The molecule has 3 nitrogen and oxygen atoms in total. The van der Waals surface area contributed by atoms with E-state index >= 15 is 0 Å². The zero-order valence-electron chi connectivity index (χ0n) is 10.7. The van der Waals surface area contributed by atoms with Crippen molar-refractivity contribution in [1.82, 2.24) is 10.5 Å². The molecule has 0 amide bonds. The van der Waals surface area contributed by atoms with Crippen LogP contribution in [0.4, 0.5) is 0 Å². The smallest absolute Gasteiger partial charge is 0.151 e. The van der Waals surface area contributed by atoms with Crippen molar-refractivity contribution in [3.05, 3.63) is 41.1 Å². The van der Waals surface area contributed by atoms with Gasteiger partial charge in [0.15, 0.2) is 5.76 Å². The second-order valence-corrected chi connectivity index (χ2v) is 5.43. The number of hydrogen-bond acceptors (Lipinski definition) is 3. The van der Waals surface area contributed by atoms with Gasteiger partial charge in [-0.15, -0.1) is 0 Å². The Balaban J connectivity index is 1.67. The summed E-state index contributed by atoms with van der Waals surface area (Å²) in [5.74, 6) is 0.863. The van der Waals surface area contributed by atoms with Crippen molar-refractivity contribution < 1.29 is 4.52 Å². The van der Waals surface area contributed by atoms with Crippen LogP contribution in [0.2, 0.25) is 5.02 Å². The second-order valence-electron chi connectivity index (χ2n) is 5.02. The van der Waals surface area contributed by atoms with Gasteiger partial charge in [0.1, 0.15) is 5.69 Å². The molecule has 1 N–H and O–H groups in total. The summed E-state index contributed by atoms with van der Waals surface area (Å²) in [7, 11) is 0. The van der Waals surface area contributed by atoms with E-state index in [1.165, 1.54) is 25.7 Å². The van der Waals surface area contributed by atoms with Crippen LogP contribution in [0.1, 0.15) is 31.4 Å². The van der Waals surface area contributed by atoms with Gasteiger partial charge >= 0.3 is 0 Å². The molecule has 2 aromatic rings. The molecule has 0 spiro atoms. The molecule has 4 heteroatoms. The summed E-state index contributed by atoms with van der Waals surface area (Å²) in [5, 5.41) is 8.30. The van der Waals surface area contributed by atoms with E-state index in [9.17, 15) is 0 Å². The third-order valence-electron chi connectivity index (χ3n) is 3.63. The van der Waals surface area contributed by atoms with Crippen LogP contribution >= 0.6 is 11.6 Å². The van der Waals surface area contributed by atoms with Gasteiger partial charge in [0.05, 0.1) is 11.6 Å². The average Bonchev–Trinajstić information content (AvgIpc) is 3.08. The van der Waals surface area contributed by atoms with Gasteiger partial charge in [-0.3, -0.25) is 0 Å². The third kappa shape index (κ3) is 2.99. The van der Waals surface area contributed by atoms with Crippen molar-refractivity contribution in [2.24, 2.45) is 0 Å². The Hall–Kier alpha value is -1.32. The zero-order valence-corrected chi connectivity index (χ0v) is 11.5. The van der Waals surface area contributed by atoms with Crippen LogP contribution in [0.3, 0.4) is 0 Å². The average molecular weight is 277 g/mol. The molecule has 0 radical (unpaired) electrons. The van der Waals surface area contributed by atoms with Crippen LogP contribution in [0, 0.1) is 0 Å². The van der Waals surface area contributed by atoms with Crippen molar-refractivity contribution in [3.8, 4) is 11.3 Å². The number of nitrogens with zero attached hydrogens (tertiary/aromatic N) is 1. The first-order valence-electron chi connectivity index (χ1n) is 6.77. The summed E-state index contributed by atoms with van der Waals surface area (Å²) in [5.41, 5.74) is 1.72. The van der Waals surface area contributed by atoms with E-state index in [-0.39, 0.29) is 0 Å². The molecule has 0 saturated heterocycles. The summed E-state index contributed by atoms with van der Waals surface area (Å²) in [6.45, 7) is 0.738. The summed E-state index contributed by atoms with van der Waals surface area (Å²) >= 11 is 6.15. The highest BCUT2D eigenvalue weighted by Crippen LogP contribution is 2.27. The number of hydrogen-bond donors (Lipinski definition) is 1. The summed E-state index contributed by atoms with van der Waals surface area (Å²) < 4.78 is 5.36. The lowest BCUT2D eigenvalue weighted by Gasteiger charge is -2.08. The predicted molar refractivity (Wildman–Crippen MR) is 76.0 cm³/mol. The maximum atomic E-state index is 6.15. The predicted octanol–water partition coefficient (Wildman–Crippen LogP) is 4.03. The SMILES string of the molecule is Clc1ccccc1-c1cc(CNC2CCCC2)on1. The monoisotopic (exact) mass is 276 g/mol. The molecular weight excluding hydrogens is 260 g/mol. The van der Waals surface area contributed by atoms with Gasteiger partial charge in [0.2, 0.25) is 0 Å². The molecule has 19 heavy (non-hydrogen) atoms. The van der Waals surface area contributed by atoms with Gasteiger partial charge in [-0.25, -0.2) is 0 Å². The van der Waals surface area contributed by atoms with E-state index in [0.717, 1.165) is 23.6 Å². The van der Waals surface area contributed by atoms with E-state index in [1.807, 2.05) is 30.3 Å². The molecule has 0 atom stereocenters. The van der Waals surface area contributed by atoms with Crippen molar-refractivity contribution in [3.63, 3.8) is 0 Å². The lowest BCUT2D eigenvalue weighted by atomic mass is 10.1. The Labute approximate surface area is 117 Å². The molecule has 1 aliphatic rings. The number of aromatic nitrogens is 1. The topological polar surface area (TPSA) is 38.1 Å². The fraction of sp³-hybridized carbons (Fsp3) is 0.400. The first-order valence-corrected chi connectivity index (χ1v) is 7.14. The number of rotatable bonds is 4. The summed E-state index contributed by atoms with van der Waals surface area (Å²) in [4.78, 5) is 0. The molecule has 3 rings (SSSR count). The Kier molecular flexibility index (Phi) is 3.85. The first-order chi connectivity index (χ1) is 9.33. The molecule has 1 aliphatic carbocycles. The van der Waals surface area contributed by atoms with E-state index in [1.54, 1.807) is 0 Å². The molecule has 1 saturated carbocycles. The molecule has 100 valence electrons. The molecule has 0 bridgehead atoms. The normalized spacial score (nSPS) is 16.1. The minimum Gasteiger partial charge on any atom is -0.359 e. The van der Waals surface area contributed by atoms with Gasteiger partial charge < -0.3 is 9.84 Å². The molecule has 1 aromatic carbocycles. The van der Waals surface area contributed by atoms with Crippen LogP contribution in [-0.4, -0.2) is 11.2 Å². The minimum atomic E-state index is 0.633. The quantitative estimate of drug-likeness (QED) is 0.916. The highest BCUT2D eigenvalue weighted by molar-refractivity contribution is 6.33.